The molecule has 1 fully saturated rings. The number of hydrogen-bond donors (Lipinski definition) is 4. The Morgan fingerprint density at radius 1 is 1.36 bits per heavy atom. The fourth-order valence-corrected chi connectivity index (χ4v) is 3.72. The molecule has 0 saturated heterocycles. The van der Waals surface area contributed by atoms with Crippen LogP contribution in [0.4, 0.5) is 0 Å². The van der Waals surface area contributed by atoms with Crippen molar-refractivity contribution in [2.24, 2.45) is 4.99 Å². The van der Waals surface area contributed by atoms with E-state index in [0.717, 1.165) is 18.4 Å². The number of nitrogens with one attached hydrogen (secondary N) is 3. The van der Waals surface area contributed by atoms with Crippen molar-refractivity contribution < 1.29 is 9.90 Å². The summed E-state index contributed by atoms with van der Waals surface area (Å²) >= 11 is 1.56. The molecular formula is C18H30N4O2S. The van der Waals surface area contributed by atoms with Gasteiger partial charge in [-0.3, -0.25) is 4.79 Å². The zero-order valence-electron chi connectivity index (χ0n) is 15.2. The molecule has 140 valence electrons. The van der Waals surface area contributed by atoms with Crippen LogP contribution in [0, 0.1) is 0 Å². The Bertz CT molecular complexity index is 551. The zero-order chi connectivity index (χ0) is 18.1. The molecule has 1 aromatic heterocycles. The van der Waals surface area contributed by atoms with E-state index in [9.17, 15) is 9.90 Å². The smallest absolute Gasteiger partial charge is 0.242 e. The van der Waals surface area contributed by atoms with E-state index in [1.54, 1.807) is 18.3 Å². The maximum Gasteiger partial charge on any atom is 0.242 e. The molecule has 1 unspecified atom stereocenters. The van der Waals surface area contributed by atoms with Gasteiger partial charge in [-0.05, 0) is 49.1 Å². The van der Waals surface area contributed by atoms with Crippen LogP contribution in [0.3, 0.4) is 0 Å². The second kappa shape index (κ2) is 9.77. The van der Waals surface area contributed by atoms with Gasteiger partial charge < -0.3 is 21.1 Å². The van der Waals surface area contributed by atoms with Crippen LogP contribution in [0.5, 0.6) is 0 Å². The maximum atomic E-state index is 12.1. The molecule has 1 saturated carbocycles. The van der Waals surface area contributed by atoms with Crippen LogP contribution in [0.25, 0.3) is 0 Å². The van der Waals surface area contributed by atoms with Crippen LogP contribution in [0.2, 0.25) is 0 Å². The Morgan fingerprint density at radius 3 is 2.76 bits per heavy atom. The van der Waals surface area contributed by atoms with Crippen molar-refractivity contribution >= 4 is 23.2 Å². The van der Waals surface area contributed by atoms with E-state index in [2.05, 4.69) is 20.9 Å². The molecule has 0 radical (unpaired) electrons. The molecule has 2 rings (SSSR count). The van der Waals surface area contributed by atoms with E-state index in [0.29, 0.717) is 25.1 Å². The Labute approximate surface area is 154 Å². The molecule has 1 aliphatic rings. The van der Waals surface area contributed by atoms with Gasteiger partial charge in [0.05, 0.1) is 6.54 Å². The van der Waals surface area contributed by atoms with Gasteiger partial charge in [-0.25, -0.2) is 4.99 Å². The number of carbonyl (C=O) groups is 1. The summed E-state index contributed by atoms with van der Waals surface area (Å²) < 4.78 is 0. The number of carbonyl (C=O) groups excluding carboxylic acids is 1. The van der Waals surface area contributed by atoms with Gasteiger partial charge in [-0.15, -0.1) is 0 Å². The average Bonchev–Trinajstić information content (AvgIpc) is 3.14. The molecule has 0 spiro atoms. The normalized spacial score (nSPS) is 18.4. The van der Waals surface area contributed by atoms with Crippen LogP contribution in [-0.4, -0.2) is 42.6 Å². The molecule has 6 nitrogen and oxygen atoms in total. The molecular weight excluding hydrogens is 336 g/mol. The van der Waals surface area contributed by atoms with Gasteiger partial charge >= 0.3 is 0 Å². The third-order valence-electron chi connectivity index (χ3n) is 4.44. The third kappa shape index (κ3) is 6.66. The predicted molar refractivity (Wildman–Crippen MR) is 103 cm³/mol. The summed E-state index contributed by atoms with van der Waals surface area (Å²) in [5, 5.41) is 23.7. The fourth-order valence-electron chi connectivity index (χ4n) is 2.94. The first kappa shape index (κ1) is 19.7. The molecule has 7 heteroatoms. The van der Waals surface area contributed by atoms with E-state index < -0.39 is 5.60 Å². The van der Waals surface area contributed by atoms with Crippen molar-refractivity contribution in [2.75, 3.05) is 19.6 Å². The Balaban J connectivity index is 1.83. The number of aliphatic imine (C=N–C) groups is 1. The number of guanidine groups is 1. The summed E-state index contributed by atoms with van der Waals surface area (Å²) in [6.07, 6.45) is 5.78. The summed E-state index contributed by atoms with van der Waals surface area (Å²) in [5.74, 6) is 0.491. The molecule has 0 bridgehead atoms. The number of thiophene rings is 1. The second-order valence-corrected chi connectivity index (χ2v) is 7.52. The molecule has 4 N–H and O–H groups in total. The first-order valence-corrected chi connectivity index (χ1v) is 10.0. The largest absolute Gasteiger partial charge is 0.384 e. The molecule has 25 heavy (non-hydrogen) atoms. The standard InChI is InChI=1S/C18H30N4O2S/c1-3-19-17(21-13-18(2,24)14-9-10-25-12-14)20-11-16(23)22-15-7-5-4-6-8-15/h9-10,12,15,24H,3-8,11,13H2,1-2H3,(H,22,23)(H2,19,20,21). The number of hydrogen-bond acceptors (Lipinski definition) is 4. The van der Waals surface area contributed by atoms with Crippen molar-refractivity contribution in [2.45, 2.75) is 57.6 Å². The number of rotatable bonds is 7. The fraction of sp³-hybridized carbons (Fsp3) is 0.667. The van der Waals surface area contributed by atoms with Crippen LogP contribution in [0.15, 0.2) is 21.8 Å². The van der Waals surface area contributed by atoms with Crippen molar-refractivity contribution in [1.82, 2.24) is 16.0 Å². The van der Waals surface area contributed by atoms with Crippen LogP contribution < -0.4 is 16.0 Å². The van der Waals surface area contributed by atoms with Gasteiger partial charge in [0.2, 0.25) is 5.91 Å². The predicted octanol–water partition coefficient (Wildman–Crippen LogP) is 1.96. The molecule has 1 atom stereocenters. The number of nitrogens with zero attached hydrogens (tertiary/aromatic N) is 1. The van der Waals surface area contributed by atoms with E-state index >= 15 is 0 Å². The first-order valence-electron chi connectivity index (χ1n) is 9.08. The van der Waals surface area contributed by atoms with Crippen molar-refractivity contribution in [3.63, 3.8) is 0 Å². The minimum Gasteiger partial charge on any atom is -0.384 e. The van der Waals surface area contributed by atoms with Crippen LogP contribution in [-0.2, 0) is 10.4 Å². The SMILES string of the molecule is CCNC(=NCC(=O)NC1CCCCC1)NCC(C)(O)c1ccsc1. The number of aliphatic hydroxyl groups is 1. The highest BCUT2D eigenvalue weighted by Crippen LogP contribution is 2.22. The van der Waals surface area contributed by atoms with Gasteiger partial charge in [0, 0.05) is 12.6 Å². The average molecular weight is 367 g/mol. The lowest BCUT2D eigenvalue weighted by molar-refractivity contribution is -0.120. The summed E-state index contributed by atoms with van der Waals surface area (Å²) in [6, 6.07) is 2.21. The molecule has 0 aromatic carbocycles. The summed E-state index contributed by atoms with van der Waals surface area (Å²) in [7, 11) is 0. The second-order valence-electron chi connectivity index (χ2n) is 6.74. The highest BCUT2D eigenvalue weighted by Gasteiger charge is 2.23. The summed E-state index contributed by atoms with van der Waals surface area (Å²) in [5.41, 5.74) is -0.114. The Morgan fingerprint density at radius 2 is 2.12 bits per heavy atom. The Kier molecular flexibility index (Phi) is 7.71. The Hall–Kier alpha value is -1.60. The van der Waals surface area contributed by atoms with Gasteiger partial charge in [-0.1, -0.05) is 19.3 Å². The lowest BCUT2D eigenvalue weighted by Gasteiger charge is -2.24. The minimum absolute atomic E-state index is 0.0475. The van der Waals surface area contributed by atoms with Gasteiger partial charge in [-0.2, -0.15) is 11.3 Å². The summed E-state index contributed by atoms with van der Waals surface area (Å²) in [6.45, 7) is 4.83. The quantitative estimate of drug-likeness (QED) is 0.439. The molecule has 0 aliphatic heterocycles. The van der Waals surface area contributed by atoms with Crippen LogP contribution in [0.1, 0.15) is 51.5 Å². The van der Waals surface area contributed by atoms with E-state index in [1.165, 1.54) is 19.3 Å². The van der Waals surface area contributed by atoms with Gasteiger partial charge in [0.25, 0.3) is 0 Å². The third-order valence-corrected chi connectivity index (χ3v) is 5.12. The zero-order valence-corrected chi connectivity index (χ0v) is 16.0. The first-order chi connectivity index (χ1) is 12.0. The molecule has 1 amide bonds. The topological polar surface area (TPSA) is 85.8 Å². The summed E-state index contributed by atoms with van der Waals surface area (Å²) in [4.78, 5) is 16.4. The van der Waals surface area contributed by atoms with Crippen molar-refractivity contribution in [3.8, 4) is 0 Å². The van der Waals surface area contributed by atoms with Gasteiger partial charge in [0.1, 0.15) is 12.1 Å². The minimum atomic E-state index is -0.986. The monoisotopic (exact) mass is 366 g/mol. The maximum absolute atomic E-state index is 12.1. The van der Waals surface area contributed by atoms with E-state index in [-0.39, 0.29) is 12.5 Å². The van der Waals surface area contributed by atoms with Crippen molar-refractivity contribution in [1.29, 1.82) is 0 Å². The molecule has 1 aliphatic carbocycles. The van der Waals surface area contributed by atoms with Crippen LogP contribution >= 0.6 is 11.3 Å². The highest BCUT2D eigenvalue weighted by molar-refractivity contribution is 7.08. The molecule has 1 heterocycles. The number of amides is 1. The van der Waals surface area contributed by atoms with Gasteiger partial charge in [0.15, 0.2) is 5.96 Å². The molecule has 1 aromatic rings. The van der Waals surface area contributed by atoms with E-state index in [4.69, 9.17) is 0 Å². The van der Waals surface area contributed by atoms with E-state index in [1.807, 2.05) is 23.8 Å². The highest BCUT2D eigenvalue weighted by atomic mass is 32.1. The lowest BCUT2D eigenvalue weighted by Crippen LogP contribution is -2.45. The van der Waals surface area contributed by atoms with Crippen molar-refractivity contribution in [3.05, 3.63) is 22.4 Å². The lowest BCUT2D eigenvalue weighted by atomic mass is 9.95.